The van der Waals surface area contributed by atoms with E-state index in [0.717, 1.165) is 24.8 Å². The number of Topliss-reactive ketones (excluding diaryl/α,β-unsaturated/α-hetero) is 1. The number of hydrogen-bond donors (Lipinski definition) is 1. The Morgan fingerprint density at radius 3 is 2.53 bits per heavy atom. The monoisotopic (exact) mass is 442 g/mol. The quantitative estimate of drug-likeness (QED) is 0.503. The summed E-state index contributed by atoms with van der Waals surface area (Å²) in [5, 5.41) is 11.5. The van der Waals surface area contributed by atoms with Crippen molar-refractivity contribution in [3.05, 3.63) is 23.8 Å². The van der Waals surface area contributed by atoms with Crippen LogP contribution in [-0.4, -0.2) is 34.7 Å². The number of rotatable bonds is 2. The van der Waals surface area contributed by atoms with E-state index in [2.05, 4.69) is 20.8 Å². The molecule has 5 aliphatic rings. The van der Waals surface area contributed by atoms with Crippen LogP contribution in [0, 0.1) is 39.4 Å². The van der Waals surface area contributed by atoms with Gasteiger partial charge in [0.15, 0.2) is 17.7 Å². The van der Waals surface area contributed by atoms with Gasteiger partial charge in [0, 0.05) is 16.7 Å². The average molecular weight is 443 g/mol. The molecule has 0 heterocycles. The molecule has 0 bridgehead atoms. The van der Waals surface area contributed by atoms with Gasteiger partial charge in [0.05, 0.1) is 6.10 Å². The molecule has 5 rings (SSSR count). The molecular weight excluding hydrogens is 407 g/mol. The Hall–Kier alpha value is -1.62. The maximum atomic E-state index is 17.3. The van der Waals surface area contributed by atoms with Crippen LogP contribution >= 0.6 is 0 Å². The molecule has 4 nitrogen and oxygen atoms in total. The lowest BCUT2D eigenvalue weighted by molar-refractivity contribution is -0.238. The Balaban J connectivity index is 1.65. The average Bonchev–Trinajstić information content (AvgIpc) is 3.02. The second-order valence-corrected chi connectivity index (χ2v) is 12.5. The van der Waals surface area contributed by atoms with Crippen molar-refractivity contribution in [2.45, 2.75) is 84.4 Å². The topological polar surface area (TPSA) is 71.4 Å². The van der Waals surface area contributed by atoms with Gasteiger partial charge in [-0.05, 0) is 86.7 Å². The van der Waals surface area contributed by atoms with Crippen molar-refractivity contribution in [1.29, 1.82) is 0 Å². The lowest BCUT2D eigenvalue weighted by atomic mass is 9.37. The Bertz CT molecular complexity index is 965. The van der Waals surface area contributed by atoms with Gasteiger partial charge in [-0.1, -0.05) is 32.4 Å². The molecule has 2 unspecified atom stereocenters. The molecule has 174 valence electrons. The van der Waals surface area contributed by atoms with E-state index in [9.17, 15) is 19.5 Å². The van der Waals surface area contributed by atoms with Crippen molar-refractivity contribution in [1.82, 2.24) is 0 Å². The third-order valence-corrected chi connectivity index (χ3v) is 10.7. The summed E-state index contributed by atoms with van der Waals surface area (Å²) in [6.07, 6.45) is 8.33. The van der Waals surface area contributed by atoms with E-state index in [0.29, 0.717) is 25.5 Å². The van der Waals surface area contributed by atoms with Crippen LogP contribution in [-0.2, 0) is 14.4 Å². The molecule has 8 atom stereocenters. The van der Waals surface area contributed by atoms with Crippen LogP contribution in [0.4, 0.5) is 4.39 Å². The van der Waals surface area contributed by atoms with E-state index in [4.69, 9.17) is 0 Å². The van der Waals surface area contributed by atoms with Gasteiger partial charge in [-0.2, -0.15) is 0 Å². The summed E-state index contributed by atoms with van der Waals surface area (Å²) < 4.78 is 17.3. The minimum atomic E-state index is -1.90. The highest BCUT2D eigenvalue weighted by atomic mass is 19.1. The van der Waals surface area contributed by atoms with Gasteiger partial charge in [0.2, 0.25) is 5.78 Å². The number of carbonyl (C=O) groups is 3. The van der Waals surface area contributed by atoms with Crippen LogP contribution in [0.25, 0.3) is 0 Å². The van der Waals surface area contributed by atoms with Gasteiger partial charge < -0.3 is 5.11 Å². The zero-order valence-corrected chi connectivity index (χ0v) is 19.6. The summed E-state index contributed by atoms with van der Waals surface area (Å²) in [5.74, 6) is -0.896. The van der Waals surface area contributed by atoms with E-state index in [1.54, 1.807) is 12.2 Å². The molecule has 0 aromatic carbocycles. The molecule has 0 spiro atoms. The number of allylic oxidation sites excluding steroid dienone is 4. The van der Waals surface area contributed by atoms with Gasteiger partial charge >= 0.3 is 0 Å². The number of ketones is 2. The Kier molecular flexibility index (Phi) is 4.50. The molecule has 4 saturated carbocycles. The van der Waals surface area contributed by atoms with Crippen LogP contribution in [0.1, 0.15) is 72.6 Å². The van der Waals surface area contributed by atoms with Crippen LogP contribution < -0.4 is 0 Å². The predicted octanol–water partition coefficient (Wildman–Crippen LogP) is 4.55. The summed E-state index contributed by atoms with van der Waals surface area (Å²) in [7, 11) is 0. The molecule has 0 aliphatic heterocycles. The standard InChI is InChI=1S/C27H35FO4/c1-23(2)12-17-6-7-19-20-8-5-16-11-18(30)9-10-24(16,3)27(20,28)21(31)13-25(19,4)26(17,15-23)22(32)14-29/h9-11,14,17,19-21,31H,5-8,12-13,15H2,1-4H3/t17-,19?,20?,21-,24-,25-,26+,27-/m0/s1. The van der Waals surface area contributed by atoms with Crippen LogP contribution in [0.15, 0.2) is 23.8 Å². The number of aldehydes is 1. The van der Waals surface area contributed by atoms with E-state index in [-0.39, 0.29) is 35.2 Å². The second kappa shape index (κ2) is 6.49. The summed E-state index contributed by atoms with van der Waals surface area (Å²) in [6.45, 7) is 8.19. The van der Waals surface area contributed by atoms with Crippen LogP contribution in [0.2, 0.25) is 0 Å². The van der Waals surface area contributed by atoms with Crippen molar-refractivity contribution in [2.24, 2.45) is 39.4 Å². The molecule has 0 aromatic rings. The van der Waals surface area contributed by atoms with E-state index >= 15 is 4.39 Å². The summed E-state index contributed by atoms with van der Waals surface area (Å²) in [6, 6.07) is 0. The number of aliphatic hydroxyl groups is 1. The Labute approximate surface area is 189 Å². The summed E-state index contributed by atoms with van der Waals surface area (Å²) in [4.78, 5) is 37.3. The van der Waals surface area contributed by atoms with Crippen molar-refractivity contribution >= 4 is 17.9 Å². The molecule has 4 fully saturated rings. The molecule has 5 heteroatoms. The molecule has 0 radical (unpaired) electrons. The van der Waals surface area contributed by atoms with Gasteiger partial charge in [0.25, 0.3) is 0 Å². The highest BCUT2D eigenvalue weighted by Crippen LogP contribution is 2.75. The smallest absolute Gasteiger partial charge is 0.202 e. The maximum Gasteiger partial charge on any atom is 0.202 e. The maximum absolute atomic E-state index is 17.3. The fraction of sp³-hybridized carbons (Fsp3) is 0.741. The first-order valence-corrected chi connectivity index (χ1v) is 12.2. The third kappa shape index (κ3) is 2.39. The fourth-order valence-electron chi connectivity index (χ4n) is 9.49. The van der Waals surface area contributed by atoms with Gasteiger partial charge in [-0.3, -0.25) is 14.4 Å². The lowest BCUT2D eigenvalue weighted by Crippen LogP contribution is -2.71. The van der Waals surface area contributed by atoms with Gasteiger partial charge in [0.1, 0.15) is 0 Å². The first-order chi connectivity index (χ1) is 14.9. The number of hydrogen-bond acceptors (Lipinski definition) is 4. The molecule has 0 aromatic heterocycles. The van der Waals surface area contributed by atoms with Crippen molar-refractivity contribution in [3.63, 3.8) is 0 Å². The third-order valence-electron chi connectivity index (χ3n) is 10.7. The molecule has 1 N–H and O–H groups in total. The number of halogens is 1. The van der Waals surface area contributed by atoms with Crippen molar-refractivity contribution in [3.8, 4) is 0 Å². The molecule has 0 amide bonds. The number of alkyl halides is 1. The van der Waals surface area contributed by atoms with Crippen molar-refractivity contribution in [2.75, 3.05) is 0 Å². The highest BCUT2D eigenvalue weighted by Gasteiger charge is 2.75. The first kappa shape index (κ1) is 22.2. The van der Waals surface area contributed by atoms with Gasteiger partial charge in [-0.15, -0.1) is 0 Å². The van der Waals surface area contributed by atoms with E-state index in [1.807, 2.05) is 6.92 Å². The SMILES string of the molecule is CC1(C)C[C@@H]2CCC3C4CCC5=CC(=O)C=C[C@]5(C)[C@@]4(F)[C@@H](O)C[C@]3(C)[C@]2(C(=O)C=O)C1. The predicted molar refractivity (Wildman–Crippen MR) is 118 cm³/mol. The summed E-state index contributed by atoms with van der Waals surface area (Å²) >= 11 is 0. The first-order valence-electron chi connectivity index (χ1n) is 12.2. The zero-order chi connectivity index (χ0) is 23.3. The van der Waals surface area contributed by atoms with E-state index < -0.39 is 33.9 Å². The number of fused-ring (bicyclic) bond motifs is 7. The van der Waals surface area contributed by atoms with Gasteiger partial charge in [-0.25, -0.2) is 4.39 Å². The van der Waals surface area contributed by atoms with Crippen LogP contribution in [0.5, 0.6) is 0 Å². The molecule has 0 saturated heterocycles. The highest BCUT2D eigenvalue weighted by molar-refractivity contribution is 6.28. The van der Waals surface area contributed by atoms with Crippen molar-refractivity contribution < 1.29 is 23.9 Å². The minimum Gasteiger partial charge on any atom is -0.390 e. The summed E-state index contributed by atoms with van der Waals surface area (Å²) in [5.41, 5.74) is -3.70. The minimum absolute atomic E-state index is 0.0721. The molecular formula is C27H35FO4. The number of carbonyl (C=O) groups excluding carboxylic acids is 3. The number of aliphatic hydroxyl groups excluding tert-OH is 1. The zero-order valence-electron chi connectivity index (χ0n) is 19.6. The lowest BCUT2D eigenvalue weighted by Gasteiger charge is -2.68. The van der Waals surface area contributed by atoms with E-state index in [1.165, 1.54) is 6.08 Å². The largest absolute Gasteiger partial charge is 0.390 e. The van der Waals surface area contributed by atoms with Crippen LogP contribution in [0.3, 0.4) is 0 Å². The molecule has 5 aliphatic carbocycles. The second-order valence-electron chi connectivity index (χ2n) is 12.5. The Morgan fingerprint density at radius 2 is 1.84 bits per heavy atom. The Morgan fingerprint density at radius 1 is 1.12 bits per heavy atom. The fourth-order valence-corrected chi connectivity index (χ4v) is 9.49. The molecule has 32 heavy (non-hydrogen) atoms. The normalized spacial score (nSPS) is 51.1.